The quantitative estimate of drug-likeness (QED) is 0.731. The zero-order valence-corrected chi connectivity index (χ0v) is 18.4. The number of benzene rings is 2. The third-order valence-corrected chi connectivity index (χ3v) is 6.31. The van der Waals surface area contributed by atoms with Crippen molar-refractivity contribution >= 4 is 38.9 Å². The molecule has 0 aliphatic carbocycles. The van der Waals surface area contributed by atoms with Gasteiger partial charge < -0.3 is 10.2 Å². The van der Waals surface area contributed by atoms with Crippen molar-refractivity contribution in [3.63, 3.8) is 0 Å². The molecule has 1 aliphatic rings. The van der Waals surface area contributed by atoms with Crippen LogP contribution in [0.4, 0.5) is 17.1 Å². The van der Waals surface area contributed by atoms with Crippen molar-refractivity contribution in [2.24, 2.45) is 5.92 Å². The van der Waals surface area contributed by atoms with E-state index in [9.17, 15) is 18.0 Å². The van der Waals surface area contributed by atoms with Crippen LogP contribution < -0.4 is 14.9 Å². The maximum absolute atomic E-state index is 12.8. The Bertz CT molecular complexity index is 1060. The fraction of sp³-hybridized carbons (Fsp3) is 0.364. The van der Waals surface area contributed by atoms with E-state index < -0.39 is 10.0 Å². The second-order valence-electron chi connectivity index (χ2n) is 8.06. The zero-order chi connectivity index (χ0) is 22.1. The van der Waals surface area contributed by atoms with Crippen molar-refractivity contribution in [1.29, 1.82) is 0 Å². The van der Waals surface area contributed by atoms with Crippen molar-refractivity contribution in [1.82, 2.24) is 0 Å². The highest BCUT2D eigenvalue weighted by atomic mass is 32.2. The third-order valence-electron chi connectivity index (χ3n) is 4.93. The Balaban J connectivity index is 1.74. The molecule has 1 aliphatic heterocycles. The summed E-state index contributed by atoms with van der Waals surface area (Å²) in [5, 5.41) is 2.79. The van der Waals surface area contributed by atoms with Crippen molar-refractivity contribution in [3.05, 3.63) is 48.0 Å². The third kappa shape index (κ3) is 4.81. The van der Waals surface area contributed by atoms with E-state index in [1.165, 1.54) is 13.0 Å². The van der Waals surface area contributed by atoms with Crippen LogP contribution >= 0.6 is 0 Å². The number of anilines is 3. The maximum Gasteiger partial charge on any atom is 0.261 e. The first kappa shape index (κ1) is 21.8. The molecule has 8 heteroatoms. The number of hydrogen-bond acceptors (Lipinski definition) is 4. The molecular weight excluding hydrogens is 402 g/mol. The number of carbonyl (C=O) groups excluding carboxylic acids is 2. The molecule has 2 aromatic carbocycles. The Hall–Kier alpha value is -2.87. The molecule has 0 saturated heterocycles. The van der Waals surface area contributed by atoms with Crippen LogP contribution in [0.5, 0.6) is 0 Å². The van der Waals surface area contributed by atoms with Crippen molar-refractivity contribution in [3.8, 4) is 0 Å². The lowest BCUT2D eigenvalue weighted by Gasteiger charge is -2.20. The number of hydrogen-bond donors (Lipinski definition) is 2. The van der Waals surface area contributed by atoms with Gasteiger partial charge in [-0.25, -0.2) is 8.42 Å². The summed E-state index contributed by atoms with van der Waals surface area (Å²) in [5.74, 6) is 0.120. The molecule has 0 fully saturated rings. The van der Waals surface area contributed by atoms with Crippen molar-refractivity contribution in [2.75, 3.05) is 14.9 Å². The predicted octanol–water partition coefficient (Wildman–Crippen LogP) is 3.77. The van der Waals surface area contributed by atoms with Gasteiger partial charge in [-0.1, -0.05) is 13.8 Å². The van der Waals surface area contributed by atoms with Gasteiger partial charge in [-0.2, -0.15) is 0 Å². The molecule has 2 N–H and O–H groups in total. The summed E-state index contributed by atoms with van der Waals surface area (Å²) in [7, 11) is -3.78. The van der Waals surface area contributed by atoms with E-state index in [4.69, 9.17) is 0 Å². The largest absolute Gasteiger partial charge is 0.326 e. The number of sulfonamides is 1. The Kier molecular flexibility index (Phi) is 6.17. The van der Waals surface area contributed by atoms with E-state index in [1.54, 1.807) is 41.3 Å². The van der Waals surface area contributed by atoms with Crippen molar-refractivity contribution < 1.29 is 18.0 Å². The fourth-order valence-electron chi connectivity index (χ4n) is 3.67. The Morgan fingerprint density at radius 1 is 1.10 bits per heavy atom. The summed E-state index contributed by atoms with van der Waals surface area (Å²) in [6.45, 7) is 7.38. The minimum absolute atomic E-state index is 0.00173. The standard InChI is InChI=1S/C22H27N3O4S/c1-14(2)11-22(27)23-18-5-7-19(8-6-18)24-30(28,29)20-9-10-21-17(13-20)12-15(3)25(21)16(4)26/h5-10,13-15,24H,11-12H2,1-4H3,(H,23,27). The molecule has 160 valence electrons. The van der Waals surface area contributed by atoms with Crippen LogP contribution in [0.15, 0.2) is 47.4 Å². The Morgan fingerprint density at radius 3 is 2.33 bits per heavy atom. The second-order valence-corrected chi connectivity index (χ2v) is 9.74. The zero-order valence-electron chi connectivity index (χ0n) is 17.6. The molecule has 0 aromatic heterocycles. The first-order valence-electron chi connectivity index (χ1n) is 9.92. The summed E-state index contributed by atoms with van der Waals surface area (Å²) < 4.78 is 28.2. The first-order valence-corrected chi connectivity index (χ1v) is 11.4. The average Bonchev–Trinajstić information content (AvgIpc) is 2.97. The van der Waals surface area contributed by atoms with E-state index in [2.05, 4.69) is 10.0 Å². The van der Waals surface area contributed by atoms with Crippen LogP contribution in [0, 0.1) is 5.92 Å². The van der Waals surface area contributed by atoms with E-state index >= 15 is 0 Å². The van der Waals surface area contributed by atoms with Gasteiger partial charge in [-0.05, 0) is 67.3 Å². The second kappa shape index (κ2) is 8.47. The van der Waals surface area contributed by atoms with Gasteiger partial charge in [0.15, 0.2) is 0 Å². The molecule has 2 amide bonds. The van der Waals surface area contributed by atoms with Crippen LogP contribution in [0.1, 0.15) is 39.7 Å². The number of amides is 2. The van der Waals surface area contributed by atoms with Gasteiger partial charge in [-0.3, -0.25) is 14.3 Å². The van der Waals surface area contributed by atoms with Gasteiger partial charge in [0, 0.05) is 36.4 Å². The molecule has 7 nitrogen and oxygen atoms in total. The van der Waals surface area contributed by atoms with Crippen LogP contribution in [-0.2, 0) is 26.0 Å². The molecule has 30 heavy (non-hydrogen) atoms. The number of nitrogens with one attached hydrogen (secondary N) is 2. The topological polar surface area (TPSA) is 95.6 Å². The lowest BCUT2D eigenvalue weighted by atomic mass is 10.1. The van der Waals surface area contributed by atoms with Gasteiger partial charge in [-0.15, -0.1) is 0 Å². The number of carbonyl (C=O) groups is 2. The SMILES string of the molecule is CC(=O)N1c2ccc(S(=O)(=O)Nc3ccc(NC(=O)CC(C)C)cc3)cc2CC1C. The van der Waals surface area contributed by atoms with Crippen molar-refractivity contribution in [2.45, 2.75) is 51.5 Å². The van der Waals surface area contributed by atoms with Gasteiger partial charge in [0.05, 0.1) is 4.90 Å². The molecule has 3 rings (SSSR count). The smallest absolute Gasteiger partial charge is 0.261 e. The number of nitrogens with zero attached hydrogens (tertiary/aromatic N) is 1. The molecule has 0 saturated carbocycles. The predicted molar refractivity (Wildman–Crippen MR) is 118 cm³/mol. The summed E-state index contributed by atoms with van der Waals surface area (Å²) in [5.41, 5.74) is 2.61. The normalized spacial score (nSPS) is 15.8. The Morgan fingerprint density at radius 2 is 1.73 bits per heavy atom. The van der Waals surface area contributed by atoms with Crippen LogP contribution in [-0.4, -0.2) is 26.3 Å². The lowest BCUT2D eigenvalue weighted by Crippen LogP contribution is -2.33. The minimum Gasteiger partial charge on any atom is -0.326 e. The van der Waals surface area contributed by atoms with Crippen LogP contribution in [0.25, 0.3) is 0 Å². The highest BCUT2D eigenvalue weighted by Crippen LogP contribution is 2.34. The van der Waals surface area contributed by atoms with E-state index in [-0.39, 0.29) is 28.7 Å². The molecule has 1 heterocycles. The lowest BCUT2D eigenvalue weighted by molar-refractivity contribution is -0.117. The molecule has 2 aromatic rings. The van der Waals surface area contributed by atoms with E-state index in [0.717, 1.165) is 11.3 Å². The summed E-state index contributed by atoms with van der Waals surface area (Å²) >= 11 is 0. The first-order chi connectivity index (χ1) is 14.1. The van der Waals surface area contributed by atoms with E-state index in [0.29, 0.717) is 24.2 Å². The van der Waals surface area contributed by atoms with Crippen LogP contribution in [0.2, 0.25) is 0 Å². The summed E-state index contributed by atoms with van der Waals surface area (Å²) in [4.78, 5) is 25.5. The highest BCUT2D eigenvalue weighted by Gasteiger charge is 2.30. The fourth-order valence-corrected chi connectivity index (χ4v) is 4.78. The number of fused-ring (bicyclic) bond motifs is 1. The summed E-state index contributed by atoms with van der Waals surface area (Å²) in [6, 6.07) is 11.3. The molecule has 0 radical (unpaired) electrons. The maximum atomic E-state index is 12.8. The number of rotatable bonds is 6. The van der Waals surface area contributed by atoms with E-state index in [1.807, 2.05) is 20.8 Å². The molecular formula is C22H27N3O4S. The molecule has 0 spiro atoms. The van der Waals surface area contributed by atoms with Gasteiger partial charge in [0.2, 0.25) is 11.8 Å². The van der Waals surface area contributed by atoms with Crippen LogP contribution in [0.3, 0.4) is 0 Å². The van der Waals surface area contributed by atoms with Gasteiger partial charge in [0.25, 0.3) is 10.0 Å². The summed E-state index contributed by atoms with van der Waals surface area (Å²) in [6.07, 6.45) is 1.04. The molecule has 1 unspecified atom stereocenters. The molecule has 1 atom stereocenters. The average molecular weight is 430 g/mol. The molecule has 0 bridgehead atoms. The Labute approximate surface area is 177 Å². The van der Waals surface area contributed by atoms with Gasteiger partial charge >= 0.3 is 0 Å². The van der Waals surface area contributed by atoms with Gasteiger partial charge in [0.1, 0.15) is 0 Å². The minimum atomic E-state index is -3.78. The highest BCUT2D eigenvalue weighted by molar-refractivity contribution is 7.92. The monoisotopic (exact) mass is 429 g/mol.